The average Bonchev–Trinajstić information content (AvgIpc) is 3.46. The predicted octanol–water partition coefficient (Wildman–Crippen LogP) is 3.53. The highest BCUT2D eigenvalue weighted by atomic mass is 16.5. The summed E-state index contributed by atoms with van der Waals surface area (Å²) in [5, 5.41) is 4.57. The van der Waals surface area contributed by atoms with E-state index >= 15 is 0 Å². The molecule has 0 atom stereocenters. The van der Waals surface area contributed by atoms with Crippen LogP contribution in [-0.4, -0.2) is 65.5 Å². The van der Waals surface area contributed by atoms with Crippen molar-refractivity contribution in [1.29, 1.82) is 0 Å². The molecular formula is C24H26N4O3. The van der Waals surface area contributed by atoms with E-state index in [-0.39, 0.29) is 5.91 Å². The third-order valence-electron chi connectivity index (χ3n) is 5.20. The van der Waals surface area contributed by atoms with Crippen LogP contribution in [0.2, 0.25) is 0 Å². The average molecular weight is 418 g/mol. The fourth-order valence-electron chi connectivity index (χ4n) is 3.52. The minimum Gasteiger partial charge on any atom is -0.383 e. The molecule has 0 N–H and O–H groups in total. The Hall–Kier alpha value is -3.42. The number of aromatic nitrogens is 3. The van der Waals surface area contributed by atoms with Crippen LogP contribution in [0.4, 0.5) is 0 Å². The van der Waals surface area contributed by atoms with Crippen molar-refractivity contribution in [1.82, 2.24) is 19.1 Å². The molecule has 3 heterocycles. The summed E-state index contributed by atoms with van der Waals surface area (Å²) in [7, 11) is 3.24. The molecule has 1 amide bonds. The molecule has 1 aromatic carbocycles. The van der Waals surface area contributed by atoms with Gasteiger partial charge in [-0.15, -0.1) is 0 Å². The van der Waals surface area contributed by atoms with Gasteiger partial charge in [-0.05, 0) is 35.4 Å². The van der Waals surface area contributed by atoms with E-state index in [4.69, 9.17) is 9.47 Å². The Labute approximate surface area is 181 Å². The van der Waals surface area contributed by atoms with Crippen LogP contribution in [0.5, 0.6) is 0 Å². The highest BCUT2D eigenvalue weighted by Crippen LogP contribution is 2.23. The van der Waals surface area contributed by atoms with Gasteiger partial charge in [-0.3, -0.25) is 4.79 Å². The molecule has 0 spiro atoms. The fourth-order valence-corrected chi connectivity index (χ4v) is 3.52. The number of hydrogen-bond donors (Lipinski definition) is 0. The zero-order valence-corrected chi connectivity index (χ0v) is 17.8. The quantitative estimate of drug-likeness (QED) is 0.417. The second-order valence-electron chi connectivity index (χ2n) is 7.19. The maximum atomic E-state index is 13.0. The number of carbonyl (C=O) groups is 1. The standard InChI is InChI=1S/C24H26N4O3/c1-30-16-14-26(15-17-31-2)24(29)22-12-13-28(25-22)23-11-10-21-9-8-20(18-27(21)23)19-6-4-3-5-7-19/h3-13,18H,14-17H2,1-2H3. The van der Waals surface area contributed by atoms with Gasteiger partial charge in [0.15, 0.2) is 5.69 Å². The number of amides is 1. The lowest BCUT2D eigenvalue weighted by atomic mass is 10.1. The number of ether oxygens (including phenoxy) is 2. The zero-order valence-electron chi connectivity index (χ0n) is 17.8. The van der Waals surface area contributed by atoms with Crippen molar-refractivity contribution < 1.29 is 14.3 Å². The Bertz CT molecular complexity index is 1140. The molecule has 0 radical (unpaired) electrons. The number of benzene rings is 1. The number of pyridine rings is 1. The minimum absolute atomic E-state index is 0.140. The highest BCUT2D eigenvalue weighted by molar-refractivity contribution is 5.92. The van der Waals surface area contributed by atoms with E-state index < -0.39 is 0 Å². The van der Waals surface area contributed by atoms with E-state index in [0.29, 0.717) is 32.0 Å². The van der Waals surface area contributed by atoms with Gasteiger partial charge in [-0.25, -0.2) is 4.68 Å². The summed E-state index contributed by atoms with van der Waals surface area (Å²) >= 11 is 0. The Morgan fingerprint density at radius 2 is 1.61 bits per heavy atom. The first-order valence-corrected chi connectivity index (χ1v) is 10.2. The van der Waals surface area contributed by atoms with Gasteiger partial charge >= 0.3 is 0 Å². The smallest absolute Gasteiger partial charge is 0.274 e. The van der Waals surface area contributed by atoms with E-state index in [1.165, 1.54) is 0 Å². The third-order valence-corrected chi connectivity index (χ3v) is 5.20. The molecule has 0 unspecified atom stereocenters. The highest BCUT2D eigenvalue weighted by Gasteiger charge is 2.19. The van der Waals surface area contributed by atoms with Crippen LogP contribution in [0, 0.1) is 0 Å². The molecule has 0 aliphatic rings. The second kappa shape index (κ2) is 9.59. The van der Waals surface area contributed by atoms with Crippen LogP contribution in [0.25, 0.3) is 22.5 Å². The summed E-state index contributed by atoms with van der Waals surface area (Å²) in [6.45, 7) is 1.89. The van der Waals surface area contributed by atoms with Crippen LogP contribution >= 0.6 is 0 Å². The molecule has 0 saturated carbocycles. The largest absolute Gasteiger partial charge is 0.383 e. The molecule has 0 bridgehead atoms. The maximum Gasteiger partial charge on any atom is 0.274 e. The monoisotopic (exact) mass is 418 g/mol. The van der Waals surface area contributed by atoms with Gasteiger partial charge < -0.3 is 18.8 Å². The third kappa shape index (κ3) is 4.52. The molecule has 7 nitrogen and oxygen atoms in total. The minimum atomic E-state index is -0.140. The topological polar surface area (TPSA) is 61.0 Å². The van der Waals surface area contributed by atoms with E-state index in [1.54, 1.807) is 29.9 Å². The first-order valence-electron chi connectivity index (χ1n) is 10.2. The summed E-state index contributed by atoms with van der Waals surface area (Å²) in [6.07, 6.45) is 3.90. The Morgan fingerprint density at radius 3 is 2.32 bits per heavy atom. The first-order chi connectivity index (χ1) is 15.2. The maximum absolute atomic E-state index is 13.0. The van der Waals surface area contributed by atoms with E-state index in [2.05, 4.69) is 40.0 Å². The molecule has 0 aliphatic carbocycles. The summed E-state index contributed by atoms with van der Waals surface area (Å²) < 4.78 is 14.1. The molecule has 160 valence electrons. The lowest BCUT2D eigenvalue weighted by Gasteiger charge is -2.20. The summed E-state index contributed by atoms with van der Waals surface area (Å²) in [4.78, 5) is 14.7. The van der Waals surface area contributed by atoms with E-state index in [0.717, 1.165) is 22.5 Å². The molecule has 7 heteroatoms. The molecule has 0 fully saturated rings. The summed E-state index contributed by atoms with van der Waals surface area (Å²) in [5.41, 5.74) is 3.70. The lowest BCUT2D eigenvalue weighted by Crippen LogP contribution is -2.36. The molecule has 31 heavy (non-hydrogen) atoms. The molecule has 4 rings (SSSR count). The van der Waals surface area contributed by atoms with Gasteiger partial charge in [-0.1, -0.05) is 36.4 Å². The second-order valence-corrected chi connectivity index (χ2v) is 7.19. The molecule has 0 saturated heterocycles. The van der Waals surface area contributed by atoms with Gasteiger partial charge in [0.1, 0.15) is 5.82 Å². The van der Waals surface area contributed by atoms with Crippen LogP contribution in [-0.2, 0) is 9.47 Å². The van der Waals surface area contributed by atoms with Crippen molar-refractivity contribution >= 4 is 11.4 Å². The van der Waals surface area contributed by atoms with E-state index in [1.807, 2.05) is 36.5 Å². The van der Waals surface area contributed by atoms with E-state index in [9.17, 15) is 4.79 Å². The molecule has 3 aromatic heterocycles. The van der Waals surface area contributed by atoms with Gasteiger partial charge in [0.2, 0.25) is 0 Å². The Kier molecular flexibility index (Phi) is 6.45. The predicted molar refractivity (Wildman–Crippen MR) is 120 cm³/mol. The van der Waals surface area contributed by atoms with Crippen molar-refractivity contribution in [2.75, 3.05) is 40.5 Å². The van der Waals surface area contributed by atoms with Gasteiger partial charge in [-0.2, -0.15) is 5.10 Å². The van der Waals surface area contributed by atoms with Crippen LogP contribution in [0.1, 0.15) is 10.5 Å². The lowest BCUT2D eigenvalue weighted by molar-refractivity contribution is 0.0621. The fraction of sp³-hybridized carbons (Fsp3) is 0.250. The SMILES string of the molecule is COCCN(CCOC)C(=O)c1ccn(-c2ccc3ccc(-c4ccccc4)cn23)n1. The summed E-state index contributed by atoms with van der Waals surface area (Å²) in [5.74, 6) is 0.728. The molecular weight excluding hydrogens is 392 g/mol. The number of methoxy groups -OCH3 is 2. The van der Waals surface area contributed by atoms with Crippen molar-refractivity contribution in [2.24, 2.45) is 0 Å². The first kappa shape index (κ1) is 20.8. The number of nitrogens with zero attached hydrogens (tertiary/aromatic N) is 4. The van der Waals surface area contributed by atoms with Crippen LogP contribution < -0.4 is 0 Å². The van der Waals surface area contributed by atoms with Crippen molar-refractivity contribution in [3.05, 3.63) is 78.8 Å². The Balaban J connectivity index is 1.63. The van der Waals surface area contributed by atoms with Gasteiger partial charge in [0.05, 0.1) is 13.2 Å². The van der Waals surface area contributed by atoms with Crippen molar-refractivity contribution in [3.63, 3.8) is 0 Å². The normalized spacial score (nSPS) is 11.2. The zero-order chi connectivity index (χ0) is 21.6. The number of fused-ring (bicyclic) bond motifs is 1. The molecule has 4 aromatic rings. The summed E-state index contributed by atoms with van der Waals surface area (Å²) in [6, 6.07) is 20.2. The van der Waals surface area contributed by atoms with Crippen molar-refractivity contribution in [3.8, 4) is 16.9 Å². The molecule has 0 aliphatic heterocycles. The number of hydrogen-bond acceptors (Lipinski definition) is 4. The van der Waals surface area contributed by atoms with Crippen LogP contribution in [0.15, 0.2) is 73.1 Å². The number of carbonyl (C=O) groups excluding carboxylic acids is 1. The number of rotatable bonds is 9. The van der Waals surface area contributed by atoms with Crippen LogP contribution in [0.3, 0.4) is 0 Å². The Morgan fingerprint density at radius 1 is 0.903 bits per heavy atom. The van der Waals surface area contributed by atoms with Gasteiger partial charge in [0.25, 0.3) is 5.91 Å². The van der Waals surface area contributed by atoms with Gasteiger partial charge in [0, 0.05) is 45.2 Å². The van der Waals surface area contributed by atoms with Crippen molar-refractivity contribution in [2.45, 2.75) is 0 Å².